The van der Waals surface area contributed by atoms with Gasteiger partial charge < -0.3 is 4.90 Å². The average Bonchev–Trinajstić information content (AvgIpc) is 2.03. The number of nitrogens with zero attached hydrogens (tertiary/aromatic N) is 1. The summed E-state index contributed by atoms with van der Waals surface area (Å²) in [5, 5.41) is 0. The lowest BCUT2D eigenvalue weighted by Gasteiger charge is -2.25. The van der Waals surface area contributed by atoms with Gasteiger partial charge in [0, 0.05) is 5.88 Å². The maximum Gasteiger partial charge on any atom is 0.0235 e. The summed E-state index contributed by atoms with van der Waals surface area (Å²) in [7, 11) is 0. The van der Waals surface area contributed by atoms with Crippen molar-refractivity contribution < 1.29 is 0 Å². The Morgan fingerprint density at radius 3 is 2.15 bits per heavy atom. The molecule has 0 bridgehead atoms. The van der Waals surface area contributed by atoms with Crippen LogP contribution in [0.25, 0.3) is 0 Å². The molecule has 0 aliphatic heterocycles. The number of rotatable bonds is 6. The molecule has 0 aliphatic carbocycles. The summed E-state index contributed by atoms with van der Waals surface area (Å²) >= 11 is 5.67. The van der Waals surface area contributed by atoms with E-state index in [2.05, 4.69) is 32.6 Å². The number of halogens is 1. The molecule has 0 unspecified atom stereocenters. The van der Waals surface area contributed by atoms with Crippen molar-refractivity contribution in [3.8, 4) is 0 Å². The van der Waals surface area contributed by atoms with Gasteiger partial charge in [0.05, 0.1) is 0 Å². The minimum Gasteiger partial charge on any atom is -0.304 e. The van der Waals surface area contributed by atoms with Crippen LogP contribution in [0, 0.1) is 5.41 Å². The Balaban J connectivity index is 3.59. The van der Waals surface area contributed by atoms with E-state index in [4.69, 9.17) is 11.6 Å². The molecule has 13 heavy (non-hydrogen) atoms. The van der Waals surface area contributed by atoms with Crippen LogP contribution < -0.4 is 0 Å². The summed E-state index contributed by atoms with van der Waals surface area (Å²) in [5.41, 5.74) is 0.453. The van der Waals surface area contributed by atoms with Crippen LogP contribution in [0.2, 0.25) is 0 Å². The van der Waals surface area contributed by atoms with Gasteiger partial charge in [-0.15, -0.1) is 11.6 Å². The van der Waals surface area contributed by atoms with Gasteiger partial charge in [0.15, 0.2) is 0 Å². The van der Waals surface area contributed by atoms with Gasteiger partial charge in [-0.25, -0.2) is 0 Å². The second-order valence-corrected chi connectivity index (χ2v) is 5.17. The molecule has 0 aliphatic rings. The summed E-state index contributed by atoms with van der Waals surface area (Å²) in [5.74, 6) is 0.784. The van der Waals surface area contributed by atoms with E-state index in [-0.39, 0.29) is 0 Å². The highest BCUT2D eigenvalue weighted by molar-refractivity contribution is 6.17. The molecule has 0 radical (unpaired) electrons. The molecule has 0 aromatic heterocycles. The standard InChI is InChI=1S/C11H24ClN/c1-5-13(9-6-8-12)10-7-11(2,3)4/h5-10H2,1-4H3. The molecule has 0 aromatic rings. The van der Waals surface area contributed by atoms with Crippen molar-refractivity contribution in [1.29, 1.82) is 0 Å². The number of alkyl halides is 1. The van der Waals surface area contributed by atoms with Crippen LogP contribution >= 0.6 is 11.6 Å². The summed E-state index contributed by atoms with van der Waals surface area (Å²) < 4.78 is 0. The molecule has 80 valence electrons. The van der Waals surface area contributed by atoms with E-state index in [0.29, 0.717) is 5.41 Å². The molecule has 0 fully saturated rings. The highest BCUT2D eigenvalue weighted by Crippen LogP contribution is 2.18. The third-order valence-electron chi connectivity index (χ3n) is 2.23. The first-order valence-electron chi connectivity index (χ1n) is 5.28. The molecule has 2 heteroatoms. The Hall–Kier alpha value is 0.250. The molecular formula is C11H24ClN. The van der Waals surface area contributed by atoms with Crippen molar-refractivity contribution in [2.75, 3.05) is 25.5 Å². The minimum atomic E-state index is 0.453. The Morgan fingerprint density at radius 2 is 1.77 bits per heavy atom. The van der Waals surface area contributed by atoms with Crippen LogP contribution in [0.5, 0.6) is 0 Å². The van der Waals surface area contributed by atoms with Gasteiger partial charge in [0.2, 0.25) is 0 Å². The third-order valence-corrected chi connectivity index (χ3v) is 2.50. The molecule has 0 saturated heterocycles. The fourth-order valence-electron chi connectivity index (χ4n) is 1.20. The maximum absolute atomic E-state index is 5.67. The minimum absolute atomic E-state index is 0.453. The van der Waals surface area contributed by atoms with Crippen molar-refractivity contribution in [2.24, 2.45) is 5.41 Å². The zero-order valence-electron chi connectivity index (χ0n) is 9.57. The highest BCUT2D eigenvalue weighted by atomic mass is 35.5. The molecule has 1 nitrogen and oxygen atoms in total. The molecule has 0 aromatic carbocycles. The largest absolute Gasteiger partial charge is 0.304 e. The van der Waals surface area contributed by atoms with E-state index in [1.807, 2.05) is 0 Å². The van der Waals surface area contributed by atoms with Crippen molar-refractivity contribution in [1.82, 2.24) is 4.90 Å². The van der Waals surface area contributed by atoms with Crippen LogP contribution in [-0.2, 0) is 0 Å². The molecule has 0 heterocycles. The van der Waals surface area contributed by atoms with Gasteiger partial charge in [0.1, 0.15) is 0 Å². The van der Waals surface area contributed by atoms with Crippen molar-refractivity contribution in [3.63, 3.8) is 0 Å². The fraction of sp³-hybridized carbons (Fsp3) is 1.00. The first-order valence-corrected chi connectivity index (χ1v) is 5.81. The van der Waals surface area contributed by atoms with Crippen LogP contribution in [0.1, 0.15) is 40.5 Å². The lowest BCUT2D eigenvalue weighted by Crippen LogP contribution is -2.28. The van der Waals surface area contributed by atoms with Gasteiger partial charge in [-0.3, -0.25) is 0 Å². The summed E-state index contributed by atoms with van der Waals surface area (Å²) in [6, 6.07) is 0. The first-order chi connectivity index (χ1) is 5.99. The van der Waals surface area contributed by atoms with Crippen LogP contribution in [0.15, 0.2) is 0 Å². The number of hydrogen-bond acceptors (Lipinski definition) is 1. The molecule has 0 rings (SSSR count). The zero-order valence-corrected chi connectivity index (χ0v) is 10.3. The van der Waals surface area contributed by atoms with Gasteiger partial charge in [0.25, 0.3) is 0 Å². The van der Waals surface area contributed by atoms with E-state index in [9.17, 15) is 0 Å². The molecule has 0 atom stereocenters. The fourth-order valence-corrected chi connectivity index (χ4v) is 1.32. The molecule has 0 spiro atoms. The van der Waals surface area contributed by atoms with E-state index in [0.717, 1.165) is 25.4 Å². The smallest absolute Gasteiger partial charge is 0.0235 e. The maximum atomic E-state index is 5.67. The Morgan fingerprint density at radius 1 is 1.15 bits per heavy atom. The Bertz CT molecular complexity index is 118. The van der Waals surface area contributed by atoms with Gasteiger partial charge in [-0.2, -0.15) is 0 Å². The molecular weight excluding hydrogens is 182 g/mol. The zero-order chi connectivity index (χ0) is 10.3. The van der Waals surface area contributed by atoms with Crippen LogP contribution in [0.3, 0.4) is 0 Å². The van der Waals surface area contributed by atoms with Gasteiger partial charge >= 0.3 is 0 Å². The lowest BCUT2D eigenvalue weighted by molar-refractivity contribution is 0.237. The van der Waals surface area contributed by atoms with E-state index in [1.165, 1.54) is 13.0 Å². The average molecular weight is 206 g/mol. The molecule has 0 amide bonds. The monoisotopic (exact) mass is 205 g/mol. The van der Waals surface area contributed by atoms with Crippen LogP contribution in [0.4, 0.5) is 0 Å². The summed E-state index contributed by atoms with van der Waals surface area (Å²) in [4.78, 5) is 2.48. The molecule has 0 saturated carbocycles. The third kappa shape index (κ3) is 8.58. The Kier molecular flexibility index (Phi) is 6.79. The normalized spacial score (nSPS) is 12.5. The highest BCUT2D eigenvalue weighted by Gasteiger charge is 2.11. The summed E-state index contributed by atoms with van der Waals surface area (Å²) in [6.45, 7) is 12.6. The number of hydrogen-bond donors (Lipinski definition) is 0. The molecule has 0 N–H and O–H groups in total. The van der Waals surface area contributed by atoms with Crippen LogP contribution in [-0.4, -0.2) is 30.4 Å². The SMILES string of the molecule is CCN(CCCCl)CCC(C)(C)C. The lowest BCUT2D eigenvalue weighted by atomic mass is 9.92. The second kappa shape index (κ2) is 6.67. The summed E-state index contributed by atoms with van der Waals surface area (Å²) in [6.07, 6.45) is 2.38. The first kappa shape index (κ1) is 13.2. The van der Waals surface area contributed by atoms with Gasteiger partial charge in [-0.1, -0.05) is 27.7 Å². The Labute approximate surface area is 88.5 Å². The van der Waals surface area contributed by atoms with Crippen molar-refractivity contribution in [2.45, 2.75) is 40.5 Å². The predicted octanol–water partition coefficient (Wildman–Crippen LogP) is 3.37. The van der Waals surface area contributed by atoms with E-state index < -0.39 is 0 Å². The van der Waals surface area contributed by atoms with Gasteiger partial charge in [-0.05, 0) is 37.9 Å². The van der Waals surface area contributed by atoms with E-state index in [1.54, 1.807) is 0 Å². The van der Waals surface area contributed by atoms with Crippen molar-refractivity contribution >= 4 is 11.6 Å². The van der Waals surface area contributed by atoms with E-state index >= 15 is 0 Å². The quantitative estimate of drug-likeness (QED) is 0.601. The predicted molar refractivity (Wildman–Crippen MR) is 61.5 cm³/mol. The topological polar surface area (TPSA) is 3.24 Å². The van der Waals surface area contributed by atoms with Crippen molar-refractivity contribution in [3.05, 3.63) is 0 Å². The second-order valence-electron chi connectivity index (χ2n) is 4.79.